The SMILES string of the molecule is C=C(C)C(=O)OCCCOCC(O)COC(=O)C1=CC2=C(Cc3ccccc3S2)C(=O)C1. The Balaban J connectivity index is 1.41. The molecule has 0 spiro atoms. The van der Waals surface area contributed by atoms with Gasteiger partial charge in [-0.1, -0.05) is 36.5 Å². The van der Waals surface area contributed by atoms with E-state index in [-0.39, 0.29) is 44.2 Å². The number of Topliss-reactive ketones (excluding diaryl/α,β-unsaturated/α-hetero) is 1. The highest BCUT2D eigenvalue weighted by Crippen LogP contribution is 2.42. The van der Waals surface area contributed by atoms with E-state index >= 15 is 0 Å². The van der Waals surface area contributed by atoms with Crippen molar-refractivity contribution < 1.29 is 33.7 Å². The molecule has 0 saturated heterocycles. The van der Waals surface area contributed by atoms with E-state index in [2.05, 4.69) is 6.58 Å². The second-order valence-electron chi connectivity index (χ2n) is 7.60. The van der Waals surface area contributed by atoms with E-state index in [4.69, 9.17) is 14.2 Å². The molecular formula is C24H26O7S. The lowest BCUT2D eigenvalue weighted by Gasteiger charge is -2.24. The second kappa shape index (κ2) is 11.3. The Morgan fingerprint density at radius 1 is 1.16 bits per heavy atom. The van der Waals surface area contributed by atoms with Gasteiger partial charge in [0.15, 0.2) is 5.78 Å². The summed E-state index contributed by atoms with van der Waals surface area (Å²) in [6.45, 7) is 5.27. The summed E-state index contributed by atoms with van der Waals surface area (Å²) in [6.07, 6.45) is 1.75. The average molecular weight is 459 g/mol. The van der Waals surface area contributed by atoms with Crippen molar-refractivity contribution in [2.75, 3.05) is 26.4 Å². The third-order valence-corrected chi connectivity index (χ3v) is 6.05. The Labute approximate surface area is 191 Å². The summed E-state index contributed by atoms with van der Waals surface area (Å²) < 4.78 is 15.4. The van der Waals surface area contributed by atoms with Crippen molar-refractivity contribution in [2.45, 2.75) is 37.2 Å². The van der Waals surface area contributed by atoms with Crippen molar-refractivity contribution in [3.05, 3.63) is 64.1 Å². The lowest BCUT2D eigenvalue weighted by Crippen LogP contribution is -2.26. The van der Waals surface area contributed by atoms with Crippen LogP contribution in [0.25, 0.3) is 0 Å². The molecule has 1 aromatic carbocycles. The number of ether oxygens (including phenoxy) is 3. The molecule has 0 bridgehead atoms. The number of allylic oxidation sites excluding steroid dienone is 2. The van der Waals surface area contributed by atoms with Gasteiger partial charge in [-0.05, 0) is 24.6 Å². The summed E-state index contributed by atoms with van der Waals surface area (Å²) in [4.78, 5) is 38.1. The van der Waals surface area contributed by atoms with Gasteiger partial charge in [0.1, 0.15) is 12.7 Å². The smallest absolute Gasteiger partial charge is 0.334 e. The van der Waals surface area contributed by atoms with E-state index in [9.17, 15) is 19.5 Å². The minimum atomic E-state index is -0.998. The number of fused-ring (bicyclic) bond motifs is 1. The molecule has 0 saturated carbocycles. The van der Waals surface area contributed by atoms with Gasteiger partial charge in [-0.3, -0.25) is 4.79 Å². The van der Waals surface area contributed by atoms with Gasteiger partial charge in [0.25, 0.3) is 0 Å². The predicted octanol–water partition coefficient (Wildman–Crippen LogP) is 2.92. The maximum Gasteiger partial charge on any atom is 0.334 e. The number of thioether (sulfide) groups is 1. The maximum atomic E-state index is 12.6. The number of benzene rings is 1. The zero-order valence-electron chi connectivity index (χ0n) is 17.9. The van der Waals surface area contributed by atoms with Gasteiger partial charge in [-0.15, -0.1) is 0 Å². The van der Waals surface area contributed by atoms with Gasteiger partial charge >= 0.3 is 11.9 Å². The van der Waals surface area contributed by atoms with Gasteiger partial charge in [0, 0.05) is 52.4 Å². The van der Waals surface area contributed by atoms with E-state index in [0.29, 0.717) is 18.4 Å². The van der Waals surface area contributed by atoms with Gasteiger partial charge in [-0.2, -0.15) is 0 Å². The maximum absolute atomic E-state index is 12.6. The normalized spacial score (nSPS) is 15.9. The van der Waals surface area contributed by atoms with Crippen LogP contribution < -0.4 is 0 Å². The van der Waals surface area contributed by atoms with Crippen LogP contribution in [0.3, 0.4) is 0 Å². The Bertz CT molecular complexity index is 976. The molecule has 0 fully saturated rings. The van der Waals surface area contributed by atoms with Crippen molar-refractivity contribution in [3.8, 4) is 0 Å². The molecule has 32 heavy (non-hydrogen) atoms. The van der Waals surface area contributed by atoms with Crippen LogP contribution in [-0.2, 0) is 35.0 Å². The lowest BCUT2D eigenvalue weighted by molar-refractivity contribution is -0.143. The Kier molecular flexibility index (Phi) is 8.44. The lowest BCUT2D eigenvalue weighted by atomic mass is 9.92. The molecule has 0 amide bonds. The molecule has 0 aromatic heterocycles. The number of esters is 2. The number of carbonyl (C=O) groups excluding carboxylic acids is 3. The molecular weight excluding hydrogens is 432 g/mol. The summed E-state index contributed by atoms with van der Waals surface area (Å²) >= 11 is 1.48. The van der Waals surface area contributed by atoms with Gasteiger partial charge in [-0.25, -0.2) is 9.59 Å². The Hall–Kier alpha value is -2.68. The minimum absolute atomic E-state index is 0.00408. The number of ketones is 1. The first-order chi connectivity index (χ1) is 15.3. The van der Waals surface area contributed by atoms with Crippen LogP contribution in [0.15, 0.2) is 63.4 Å². The van der Waals surface area contributed by atoms with Crippen molar-refractivity contribution >= 4 is 29.5 Å². The number of carbonyl (C=O) groups is 3. The van der Waals surface area contributed by atoms with Crippen molar-refractivity contribution in [3.63, 3.8) is 0 Å². The topological polar surface area (TPSA) is 99.1 Å². The van der Waals surface area contributed by atoms with Crippen LogP contribution in [0.2, 0.25) is 0 Å². The molecule has 1 N–H and O–H groups in total. The van der Waals surface area contributed by atoms with Gasteiger partial charge in [0.2, 0.25) is 0 Å². The number of aliphatic hydroxyl groups excluding tert-OH is 1. The first-order valence-corrected chi connectivity index (χ1v) is 11.1. The zero-order valence-corrected chi connectivity index (χ0v) is 18.7. The fourth-order valence-corrected chi connectivity index (χ4v) is 4.33. The van der Waals surface area contributed by atoms with Gasteiger partial charge in [0.05, 0.1) is 13.2 Å². The molecule has 170 valence electrons. The van der Waals surface area contributed by atoms with Gasteiger partial charge < -0.3 is 19.3 Å². The first kappa shape index (κ1) is 24.0. The van der Waals surface area contributed by atoms with E-state index in [1.807, 2.05) is 24.3 Å². The average Bonchev–Trinajstić information content (AvgIpc) is 2.78. The van der Waals surface area contributed by atoms with Crippen molar-refractivity contribution in [2.24, 2.45) is 0 Å². The highest BCUT2D eigenvalue weighted by Gasteiger charge is 2.29. The first-order valence-electron chi connectivity index (χ1n) is 10.3. The molecule has 3 rings (SSSR count). The molecule has 2 aliphatic rings. The molecule has 1 unspecified atom stereocenters. The van der Waals surface area contributed by atoms with E-state index in [1.54, 1.807) is 13.0 Å². The molecule has 0 radical (unpaired) electrons. The van der Waals surface area contributed by atoms with Crippen LogP contribution in [0.1, 0.15) is 25.3 Å². The van der Waals surface area contributed by atoms with Crippen LogP contribution in [0, 0.1) is 0 Å². The molecule has 8 heteroatoms. The number of rotatable bonds is 10. The number of hydrogen-bond donors (Lipinski definition) is 1. The summed E-state index contributed by atoms with van der Waals surface area (Å²) in [5.74, 6) is -1.14. The van der Waals surface area contributed by atoms with E-state index in [1.165, 1.54) is 11.8 Å². The number of hydrogen-bond acceptors (Lipinski definition) is 8. The van der Waals surface area contributed by atoms with Crippen LogP contribution in [0.5, 0.6) is 0 Å². The summed E-state index contributed by atoms with van der Waals surface area (Å²) in [7, 11) is 0. The summed E-state index contributed by atoms with van der Waals surface area (Å²) in [6, 6.07) is 7.89. The summed E-state index contributed by atoms with van der Waals surface area (Å²) in [5, 5.41) is 9.96. The fourth-order valence-electron chi connectivity index (χ4n) is 3.16. The van der Waals surface area contributed by atoms with Crippen LogP contribution in [0.4, 0.5) is 0 Å². The molecule has 7 nitrogen and oxygen atoms in total. The third-order valence-electron chi connectivity index (χ3n) is 4.84. The van der Waals surface area contributed by atoms with Crippen LogP contribution in [-0.4, -0.2) is 55.4 Å². The van der Waals surface area contributed by atoms with Crippen molar-refractivity contribution in [1.29, 1.82) is 0 Å². The molecule has 1 heterocycles. The third kappa shape index (κ3) is 6.41. The van der Waals surface area contributed by atoms with Crippen LogP contribution >= 0.6 is 11.8 Å². The quantitative estimate of drug-likeness (QED) is 0.325. The highest BCUT2D eigenvalue weighted by molar-refractivity contribution is 8.03. The molecule has 1 aliphatic carbocycles. The zero-order chi connectivity index (χ0) is 23.1. The Morgan fingerprint density at radius 2 is 1.94 bits per heavy atom. The summed E-state index contributed by atoms with van der Waals surface area (Å²) in [5.41, 5.74) is 2.46. The fraction of sp³-hybridized carbons (Fsp3) is 0.375. The molecule has 1 aromatic rings. The minimum Gasteiger partial charge on any atom is -0.462 e. The second-order valence-corrected chi connectivity index (χ2v) is 8.68. The standard InChI is InChI=1S/C24H26O7S/c1-15(2)23(27)30-9-5-8-29-13-18(25)14-31-24(28)17-11-20(26)19-10-16-6-3-4-7-21(16)32-22(19)12-17/h3-4,6-7,12,18,25H,1,5,8-11,13-14H2,2H3. The monoisotopic (exact) mass is 458 g/mol. The van der Waals surface area contributed by atoms with E-state index < -0.39 is 18.0 Å². The largest absolute Gasteiger partial charge is 0.462 e. The Morgan fingerprint density at radius 3 is 2.72 bits per heavy atom. The molecule has 1 aliphatic heterocycles. The highest BCUT2D eigenvalue weighted by atomic mass is 32.2. The van der Waals surface area contributed by atoms with Crippen molar-refractivity contribution in [1.82, 2.24) is 0 Å². The predicted molar refractivity (Wildman–Crippen MR) is 119 cm³/mol. The molecule has 1 atom stereocenters. The van der Waals surface area contributed by atoms with E-state index in [0.717, 1.165) is 20.9 Å². The number of aliphatic hydroxyl groups is 1.